The second kappa shape index (κ2) is 9.48. The largest absolute Gasteiger partial charge is 0.277 e. The molecule has 206 valence electrons. The average Bonchev–Trinajstić information content (AvgIpc) is 3.40. The van der Waals surface area contributed by atoms with Crippen LogP contribution in [0.2, 0.25) is 0 Å². The third kappa shape index (κ3) is 3.79. The van der Waals surface area contributed by atoms with Gasteiger partial charge in [-0.2, -0.15) is 0 Å². The Morgan fingerprint density at radius 1 is 0.595 bits per heavy atom. The van der Waals surface area contributed by atoms with Crippen molar-refractivity contribution in [3.8, 4) is 11.1 Å². The molecule has 0 saturated heterocycles. The standard InChI is InChI=1S/C36H28N2O4/c1-22-6-10-25(11-7-22)36(18-4-3-5-19-36)26-12-14-27(15-13-26)38-34(41)29-17-9-24(21-31(29)35(38)42)23-8-16-28-30(20-23)33(40)37(2)32(28)39/h3-4,6-17,20-21H,5,18-19H2,1-2H3. The Morgan fingerprint density at radius 2 is 1.12 bits per heavy atom. The maximum absolute atomic E-state index is 13.6. The molecular weight excluding hydrogens is 524 g/mol. The Kier molecular flexibility index (Phi) is 5.84. The molecule has 4 aromatic carbocycles. The van der Waals surface area contributed by atoms with Crippen LogP contribution in [0.3, 0.4) is 0 Å². The first-order chi connectivity index (χ1) is 20.3. The normalized spacial score (nSPS) is 19.5. The van der Waals surface area contributed by atoms with Gasteiger partial charge in [0.25, 0.3) is 23.6 Å². The van der Waals surface area contributed by atoms with Gasteiger partial charge in [0.05, 0.1) is 27.9 Å². The lowest BCUT2D eigenvalue weighted by atomic mass is 9.67. The third-order valence-corrected chi connectivity index (χ3v) is 8.96. The van der Waals surface area contributed by atoms with E-state index in [4.69, 9.17) is 0 Å². The molecule has 1 aliphatic carbocycles. The van der Waals surface area contributed by atoms with Gasteiger partial charge in [0.1, 0.15) is 0 Å². The number of imide groups is 2. The minimum Gasteiger partial charge on any atom is -0.277 e. The third-order valence-electron chi connectivity index (χ3n) is 8.96. The molecule has 2 heterocycles. The number of carbonyl (C=O) groups is 4. The summed E-state index contributed by atoms with van der Waals surface area (Å²) in [5.41, 5.74) is 6.75. The number of hydrogen-bond donors (Lipinski definition) is 0. The molecule has 6 heteroatoms. The van der Waals surface area contributed by atoms with Gasteiger partial charge in [0.2, 0.25) is 0 Å². The number of carbonyl (C=O) groups excluding carboxylic acids is 4. The maximum atomic E-state index is 13.6. The van der Waals surface area contributed by atoms with E-state index in [9.17, 15) is 19.2 Å². The zero-order valence-corrected chi connectivity index (χ0v) is 23.4. The molecular formula is C36H28N2O4. The highest BCUT2D eigenvalue weighted by Crippen LogP contribution is 2.43. The molecule has 0 aromatic heterocycles. The van der Waals surface area contributed by atoms with Crippen LogP contribution in [0.1, 0.15) is 77.4 Å². The first kappa shape index (κ1) is 25.8. The fraction of sp³-hybridized carbons (Fsp3) is 0.167. The number of aryl methyl sites for hydroxylation is 1. The number of amides is 4. The van der Waals surface area contributed by atoms with Gasteiger partial charge in [-0.3, -0.25) is 24.1 Å². The lowest BCUT2D eigenvalue weighted by molar-refractivity contribution is 0.0692. The summed E-state index contributed by atoms with van der Waals surface area (Å²) in [4.78, 5) is 54.2. The van der Waals surface area contributed by atoms with Crippen molar-refractivity contribution in [1.82, 2.24) is 4.90 Å². The first-order valence-electron chi connectivity index (χ1n) is 14.1. The van der Waals surface area contributed by atoms with Crippen LogP contribution in [-0.4, -0.2) is 35.6 Å². The number of hydrogen-bond acceptors (Lipinski definition) is 4. The molecule has 1 unspecified atom stereocenters. The van der Waals surface area contributed by atoms with E-state index >= 15 is 0 Å². The number of fused-ring (bicyclic) bond motifs is 2. The first-order valence-corrected chi connectivity index (χ1v) is 14.1. The summed E-state index contributed by atoms with van der Waals surface area (Å²) in [6, 6.07) is 26.7. The molecule has 0 saturated carbocycles. The number of benzene rings is 4. The van der Waals surface area contributed by atoms with Gasteiger partial charge in [-0.05, 0) is 84.8 Å². The van der Waals surface area contributed by atoms with E-state index in [1.54, 1.807) is 36.4 Å². The number of nitrogens with zero attached hydrogens (tertiary/aromatic N) is 2. The van der Waals surface area contributed by atoms with Crippen molar-refractivity contribution in [2.45, 2.75) is 31.6 Å². The van der Waals surface area contributed by atoms with Crippen molar-refractivity contribution in [2.75, 3.05) is 11.9 Å². The van der Waals surface area contributed by atoms with Gasteiger partial charge in [0.15, 0.2) is 0 Å². The van der Waals surface area contributed by atoms with Crippen LogP contribution in [-0.2, 0) is 5.41 Å². The van der Waals surface area contributed by atoms with E-state index in [1.807, 2.05) is 24.3 Å². The van der Waals surface area contributed by atoms with Crippen LogP contribution in [0.5, 0.6) is 0 Å². The predicted octanol–water partition coefficient (Wildman–Crippen LogP) is 6.71. The van der Waals surface area contributed by atoms with E-state index in [0.717, 1.165) is 29.7 Å². The van der Waals surface area contributed by atoms with Crippen LogP contribution in [0.15, 0.2) is 97.1 Å². The SMILES string of the molecule is Cc1ccc(C2(c3ccc(N4C(=O)c5ccc(-c6ccc7c(c6)C(=O)N(C)C7=O)cc5C4=O)cc3)CC=CCC2)cc1. The molecule has 2 aliphatic heterocycles. The van der Waals surface area contributed by atoms with Gasteiger partial charge in [-0.15, -0.1) is 0 Å². The Morgan fingerprint density at radius 3 is 1.71 bits per heavy atom. The minimum atomic E-state index is -0.384. The summed E-state index contributed by atoms with van der Waals surface area (Å²) in [6.45, 7) is 2.09. The number of anilines is 1. The van der Waals surface area contributed by atoms with Crippen LogP contribution in [0.4, 0.5) is 5.69 Å². The Labute approximate surface area is 243 Å². The van der Waals surface area contributed by atoms with E-state index in [1.165, 1.54) is 23.1 Å². The van der Waals surface area contributed by atoms with Crippen molar-refractivity contribution in [3.63, 3.8) is 0 Å². The Balaban J connectivity index is 1.20. The highest BCUT2D eigenvalue weighted by molar-refractivity contribution is 6.34. The Bertz CT molecular complexity index is 1850. The van der Waals surface area contributed by atoms with Gasteiger partial charge >= 0.3 is 0 Å². The predicted molar refractivity (Wildman–Crippen MR) is 161 cm³/mol. The summed E-state index contributed by atoms with van der Waals surface area (Å²) < 4.78 is 0. The van der Waals surface area contributed by atoms with Crippen molar-refractivity contribution in [2.24, 2.45) is 0 Å². The number of allylic oxidation sites excluding steroid dienone is 2. The minimum absolute atomic E-state index is 0.158. The highest BCUT2D eigenvalue weighted by atomic mass is 16.2. The summed E-state index contributed by atoms with van der Waals surface area (Å²) in [6.07, 6.45) is 7.34. The van der Waals surface area contributed by atoms with Gasteiger partial charge in [-0.1, -0.05) is 66.2 Å². The summed E-state index contributed by atoms with van der Waals surface area (Å²) in [5.74, 6) is -1.43. The van der Waals surface area contributed by atoms with Gasteiger partial charge in [0, 0.05) is 12.5 Å². The average molecular weight is 553 g/mol. The van der Waals surface area contributed by atoms with E-state index in [-0.39, 0.29) is 29.0 Å². The summed E-state index contributed by atoms with van der Waals surface area (Å²) in [7, 11) is 1.46. The zero-order chi connectivity index (χ0) is 29.2. The molecule has 3 aliphatic rings. The molecule has 0 spiro atoms. The van der Waals surface area contributed by atoms with E-state index in [2.05, 4.69) is 43.3 Å². The number of rotatable bonds is 4. The molecule has 7 rings (SSSR count). The highest BCUT2D eigenvalue weighted by Gasteiger charge is 2.39. The zero-order valence-electron chi connectivity index (χ0n) is 23.4. The molecule has 42 heavy (non-hydrogen) atoms. The monoisotopic (exact) mass is 552 g/mol. The lowest BCUT2D eigenvalue weighted by Crippen LogP contribution is -2.30. The molecule has 4 aromatic rings. The van der Waals surface area contributed by atoms with Gasteiger partial charge < -0.3 is 0 Å². The van der Waals surface area contributed by atoms with Crippen molar-refractivity contribution in [1.29, 1.82) is 0 Å². The summed E-state index contributed by atoms with van der Waals surface area (Å²) in [5, 5.41) is 0. The molecule has 4 amide bonds. The molecule has 0 fully saturated rings. The smallest absolute Gasteiger partial charge is 0.266 e. The fourth-order valence-electron chi connectivity index (χ4n) is 6.52. The quantitative estimate of drug-likeness (QED) is 0.208. The topological polar surface area (TPSA) is 74.8 Å². The van der Waals surface area contributed by atoms with Gasteiger partial charge in [-0.25, -0.2) is 4.90 Å². The van der Waals surface area contributed by atoms with Crippen LogP contribution < -0.4 is 4.90 Å². The summed E-state index contributed by atoms with van der Waals surface area (Å²) >= 11 is 0. The van der Waals surface area contributed by atoms with Crippen LogP contribution >= 0.6 is 0 Å². The molecule has 6 nitrogen and oxygen atoms in total. The van der Waals surface area contributed by atoms with E-state index in [0.29, 0.717) is 39.1 Å². The van der Waals surface area contributed by atoms with Crippen molar-refractivity contribution < 1.29 is 19.2 Å². The lowest BCUT2D eigenvalue weighted by Gasteiger charge is -2.36. The maximum Gasteiger partial charge on any atom is 0.266 e. The molecule has 1 atom stereocenters. The van der Waals surface area contributed by atoms with Crippen LogP contribution in [0.25, 0.3) is 11.1 Å². The van der Waals surface area contributed by atoms with Crippen LogP contribution in [0, 0.1) is 6.92 Å². The molecule has 0 bridgehead atoms. The second-order valence-corrected chi connectivity index (χ2v) is 11.3. The Hall–Kier alpha value is -5.10. The fourth-order valence-corrected chi connectivity index (χ4v) is 6.52. The van der Waals surface area contributed by atoms with E-state index < -0.39 is 0 Å². The molecule has 0 radical (unpaired) electrons. The second-order valence-electron chi connectivity index (χ2n) is 11.3. The van der Waals surface area contributed by atoms with Crippen molar-refractivity contribution >= 4 is 29.3 Å². The molecule has 0 N–H and O–H groups in total. The van der Waals surface area contributed by atoms with Crippen molar-refractivity contribution in [3.05, 3.63) is 136 Å².